The molecule has 0 aliphatic heterocycles. The zero-order valence-electron chi connectivity index (χ0n) is 10.2. The van der Waals surface area contributed by atoms with Gasteiger partial charge in [0, 0.05) is 13.0 Å². The van der Waals surface area contributed by atoms with Gasteiger partial charge in [-0.2, -0.15) is 5.26 Å². The minimum atomic E-state index is 0.679. The summed E-state index contributed by atoms with van der Waals surface area (Å²) in [4.78, 5) is 2.31. The van der Waals surface area contributed by atoms with Gasteiger partial charge in [-0.1, -0.05) is 29.8 Å². The van der Waals surface area contributed by atoms with E-state index in [-0.39, 0.29) is 0 Å². The first-order chi connectivity index (χ1) is 7.72. The predicted molar refractivity (Wildman–Crippen MR) is 67.0 cm³/mol. The number of hydrogen-bond donors (Lipinski definition) is 0. The molecule has 0 amide bonds. The van der Waals surface area contributed by atoms with Gasteiger partial charge in [0.1, 0.15) is 0 Å². The van der Waals surface area contributed by atoms with Crippen LogP contribution in [0.4, 0.5) is 0 Å². The lowest BCUT2D eigenvalue weighted by Gasteiger charge is -2.16. The molecule has 0 atom stereocenters. The average Bonchev–Trinajstić information content (AvgIpc) is 2.24. The Kier molecular flexibility index (Phi) is 5.60. The lowest BCUT2D eigenvalue weighted by Crippen LogP contribution is -2.19. The van der Waals surface area contributed by atoms with Crippen molar-refractivity contribution in [2.75, 3.05) is 13.6 Å². The largest absolute Gasteiger partial charge is 0.302 e. The van der Waals surface area contributed by atoms with Crippen LogP contribution >= 0.6 is 0 Å². The molecule has 0 N–H and O–H groups in total. The van der Waals surface area contributed by atoms with Gasteiger partial charge in [0.05, 0.1) is 6.07 Å². The lowest BCUT2D eigenvalue weighted by molar-refractivity contribution is 0.319. The summed E-state index contributed by atoms with van der Waals surface area (Å²) in [6, 6.07) is 10.8. The van der Waals surface area contributed by atoms with E-state index in [1.807, 2.05) is 0 Å². The van der Waals surface area contributed by atoms with Crippen LogP contribution in [0, 0.1) is 18.3 Å². The van der Waals surface area contributed by atoms with Gasteiger partial charge in [0.2, 0.25) is 0 Å². The van der Waals surface area contributed by atoms with Crippen LogP contribution in [0.3, 0.4) is 0 Å². The summed E-state index contributed by atoms with van der Waals surface area (Å²) in [5, 5.41) is 8.43. The molecule has 0 saturated carbocycles. The summed E-state index contributed by atoms with van der Waals surface area (Å²) in [6.45, 7) is 4.18. The molecule has 1 aromatic carbocycles. The summed E-state index contributed by atoms with van der Waals surface area (Å²) >= 11 is 0. The molecule has 1 rings (SSSR count). The molecule has 0 unspecified atom stereocenters. The highest BCUT2D eigenvalue weighted by atomic mass is 15.1. The molecule has 0 heterocycles. The van der Waals surface area contributed by atoms with Crippen molar-refractivity contribution in [1.29, 1.82) is 5.26 Å². The summed E-state index contributed by atoms with van der Waals surface area (Å²) in [5.74, 6) is 0. The summed E-state index contributed by atoms with van der Waals surface area (Å²) in [7, 11) is 2.13. The molecular weight excluding hydrogens is 196 g/mol. The number of rotatable bonds is 6. The van der Waals surface area contributed by atoms with E-state index in [9.17, 15) is 0 Å². The highest BCUT2D eigenvalue weighted by molar-refractivity contribution is 5.21. The number of aryl methyl sites for hydroxylation is 1. The third kappa shape index (κ3) is 4.95. The van der Waals surface area contributed by atoms with E-state index in [1.165, 1.54) is 11.1 Å². The quantitative estimate of drug-likeness (QED) is 0.683. The first-order valence-corrected chi connectivity index (χ1v) is 5.83. The second kappa shape index (κ2) is 7.03. The smallest absolute Gasteiger partial charge is 0.0621 e. The van der Waals surface area contributed by atoms with Gasteiger partial charge in [-0.3, -0.25) is 0 Å². The number of benzene rings is 1. The maximum Gasteiger partial charge on any atom is 0.0621 e. The van der Waals surface area contributed by atoms with Crippen molar-refractivity contribution in [3.63, 3.8) is 0 Å². The SMILES string of the molecule is Cc1cccc(CN(C)CCCCC#N)c1. The van der Waals surface area contributed by atoms with E-state index < -0.39 is 0 Å². The van der Waals surface area contributed by atoms with E-state index in [1.54, 1.807) is 0 Å². The predicted octanol–water partition coefficient (Wildman–Crippen LogP) is 3.12. The zero-order valence-corrected chi connectivity index (χ0v) is 10.2. The van der Waals surface area contributed by atoms with Gasteiger partial charge in [0.15, 0.2) is 0 Å². The van der Waals surface area contributed by atoms with Crippen molar-refractivity contribution in [2.24, 2.45) is 0 Å². The summed E-state index contributed by atoms with van der Waals surface area (Å²) in [6.07, 6.45) is 2.79. The van der Waals surface area contributed by atoms with E-state index in [0.717, 1.165) is 25.9 Å². The molecule has 0 spiro atoms. The first kappa shape index (κ1) is 12.7. The van der Waals surface area contributed by atoms with Crippen LogP contribution < -0.4 is 0 Å². The molecule has 0 radical (unpaired) electrons. The highest BCUT2D eigenvalue weighted by Gasteiger charge is 2.00. The monoisotopic (exact) mass is 216 g/mol. The Morgan fingerprint density at radius 3 is 2.81 bits per heavy atom. The summed E-state index contributed by atoms with van der Waals surface area (Å²) in [5.41, 5.74) is 2.68. The molecule has 0 aromatic heterocycles. The van der Waals surface area contributed by atoms with Crippen LogP contribution in [0.1, 0.15) is 30.4 Å². The molecule has 2 nitrogen and oxygen atoms in total. The standard InChI is InChI=1S/C14H20N2/c1-13-7-6-8-14(11-13)12-16(2)10-5-3-4-9-15/h6-8,11H,3-5,10,12H2,1-2H3. The molecule has 16 heavy (non-hydrogen) atoms. The van der Waals surface area contributed by atoms with Gasteiger partial charge in [-0.25, -0.2) is 0 Å². The van der Waals surface area contributed by atoms with Crippen molar-refractivity contribution < 1.29 is 0 Å². The zero-order chi connectivity index (χ0) is 11.8. The molecule has 0 aliphatic rings. The maximum absolute atomic E-state index is 8.43. The van der Waals surface area contributed by atoms with Crippen LogP contribution in [0.2, 0.25) is 0 Å². The molecule has 86 valence electrons. The van der Waals surface area contributed by atoms with Crippen LogP contribution in [0.25, 0.3) is 0 Å². The second-order valence-corrected chi connectivity index (χ2v) is 4.34. The van der Waals surface area contributed by atoms with E-state index in [0.29, 0.717) is 6.42 Å². The molecule has 0 aliphatic carbocycles. The van der Waals surface area contributed by atoms with Crippen LogP contribution in [0.5, 0.6) is 0 Å². The molecule has 0 fully saturated rings. The van der Waals surface area contributed by atoms with Crippen molar-refractivity contribution in [3.05, 3.63) is 35.4 Å². The molecule has 2 heteroatoms. The second-order valence-electron chi connectivity index (χ2n) is 4.34. The van der Waals surface area contributed by atoms with Crippen molar-refractivity contribution >= 4 is 0 Å². The fourth-order valence-corrected chi connectivity index (χ4v) is 1.79. The minimum absolute atomic E-state index is 0.679. The van der Waals surface area contributed by atoms with E-state index in [2.05, 4.69) is 49.2 Å². The first-order valence-electron chi connectivity index (χ1n) is 5.83. The highest BCUT2D eigenvalue weighted by Crippen LogP contribution is 2.07. The molecule has 1 aromatic rings. The Balaban J connectivity index is 2.29. The van der Waals surface area contributed by atoms with Gasteiger partial charge in [0.25, 0.3) is 0 Å². The van der Waals surface area contributed by atoms with Crippen molar-refractivity contribution in [1.82, 2.24) is 4.90 Å². The third-order valence-electron chi connectivity index (χ3n) is 2.61. The van der Waals surface area contributed by atoms with Crippen LogP contribution in [-0.4, -0.2) is 18.5 Å². The fourth-order valence-electron chi connectivity index (χ4n) is 1.79. The van der Waals surface area contributed by atoms with E-state index >= 15 is 0 Å². The number of unbranched alkanes of at least 4 members (excludes halogenated alkanes) is 2. The van der Waals surface area contributed by atoms with Crippen LogP contribution in [-0.2, 0) is 6.54 Å². The number of nitrogens with zero attached hydrogens (tertiary/aromatic N) is 2. The lowest BCUT2D eigenvalue weighted by atomic mass is 10.1. The van der Waals surface area contributed by atoms with Gasteiger partial charge >= 0.3 is 0 Å². The Morgan fingerprint density at radius 1 is 1.31 bits per heavy atom. The maximum atomic E-state index is 8.43. The van der Waals surface area contributed by atoms with Crippen molar-refractivity contribution in [3.8, 4) is 6.07 Å². The molecular formula is C14H20N2. The number of hydrogen-bond acceptors (Lipinski definition) is 2. The topological polar surface area (TPSA) is 27.0 Å². The number of nitriles is 1. The fraction of sp³-hybridized carbons (Fsp3) is 0.500. The normalized spacial score (nSPS) is 10.4. The molecule has 0 saturated heterocycles. The van der Waals surface area contributed by atoms with Gasteiger partial charge in [-0.05, 0) is 38.9 Å². The van der Waals surface area contributed by atoms with Gasteiger partial charge < -0.3 is 4.90 Å². The summed E-state index contributed by atoms with van der Waals surface area (Å²) < 4.78 is 0. The average molecular weight is 216 g/mol. The van der Waals surface area contributed by atoms with Crippen molar-refractivity contribution in [2.45, 2.75) is 32.7 Å². The minimum Gasteiger partial charge on any atom is -0.302 e. The Morgan fingerprint density at radius 2 is 2.12 bits per heavy atom. The molecule has 0 bridgehead atoms. The van der Waals surface area contributed by atoms with Gasteiger partial charge in [-0.15, -0.1) is 0 Å². The Bertz CT molecular complexity index is 352. The van der Waals surface area contributed by atoms with Crippen LogP contribution in [0.15, 0.2) is 24.3 Å². The Labute approximate surface area is 98.5 Å². The Hall–Kier alpha value is -1.33. The third-order valence-corrected chi connectivity index (χ3v) is 2.61. The van der Waals surface area contributed by atoms with E-state index in [4.69, 9.17) is 5.26 Å².